The van der Waals surface area contributed by atoms with Gasteiger partial charge in [0.15, 0.2) is 0 Å². The maximum Gasteiger partial charge on any atom is 0.240 e. The van der Waals surface area contributed by atoms with E-state index in [9.17, 15) is 9.59 Å². The molecule has 0 spiro atoms. The number of fused-ring (bicyclic) bond motifs is 1. The van der Waals surface area contributed by atoms with Gasteiger partial charge in [0.25, 0.3) is 0 Å². The topological polar surface area (TPSA) is 63.4 Å². The van der Waals surface area contributed by atoms with E-state index in [0.717, 1.165) is 18.4 Å². The minimum absolute atomic E-state index is 0.00946. The first-order chi connectivity index (χ1) is 12.1. The third-order valence-electron chi connectivity index (χ3n) is 5.81. The smallest absolute Gasteiger partial charge is 0.240 e. The van der Waals surface area contributed by atoms with Crippen molar-refractivity contribution in [2.75, 3.05) is 12.3 Å². The number of nitrogen functional groups attached to an aromatic ring is 1. The highest BCUT2D eigenvalue weighted by atomic mass is 16.2. The van der Waals surface area contributed by atoms with Crippen LogP contribution in [0.25, 0.3) is 0 Å². The standard InChI is InChI=1S/C21H30N2O2/c1-2-3-4-5-6-7-8-9-14-23-19(24)18-15-21(18,20(23)25)16-10-12-17(22)13-11-16/h10-13,18H,2-9,14-15,22H2,1H3. The molecule has 2 fully saturated rings. The number of piperidine rings is 1. The third kappa shape index (κ3) is 3.44. The largest absolute Gasteiger partial charge is 0.399 e. The first-order valence-corrected chi connectivity index (χ1v) is 9.83. The molecular formula is C21H30N2O2. The molecule has 25 heavy (non-hydrogen) atoms. The van der Waals surface area contributed by atoms with Crippen LogP contribution in [0.2, 0.25) is 0 Å². The number of nitrogens with two attached hydrogens (primary N) is 1. The van der Waals surface area contributed by atoms with Crippen LogP contribution in [0.1, 0.15) is 70.3 Å². The lowest BCUT2D eigenvalue weighted by Gasteiger charge is -2.19. The highest BCUT2D eigenvalue weighted by Crippen LogP contribution is 2.60. The molecule has 2 N–H and O–H groups in total. The second-order valence-electron chi connectivity index (χ2n) is 7.62. The Morgan fingerprint density at radius 2 is 1.60 bits per heavy atom. The number of likely N-dealkylation sites (tertiary alicyclic amines) is 1. The molecule has 1 aromatic rings. The average molecular weight is 342 g/mol. The number of benzene rings is 1. The second-order valence-corrected chi connectivity index (χ2v) is 7.62. The van der Waals surface area contributed by atoms with E-state index in [1.807, 2.05) is 24.3 Å². The molecule has 2 unspecified atom stereocenters. The summed E-state index contributed by atoms with van der Waals surface area (Å²) in [7, 11) is 0. The lowest BCUT2D eigenvalue weighted by molar-refractivity contribution is -0.141. The Bertz CT molecular complexity index is 625. The fourth-order valence-electron chi connectivity index (χ4n) is 4.17. The maximum atomic E-state index is 12.9. The Kier molecular flexibility index (Phi) is 5.45. The van der Waals surface area contributed by atoms with Crippen molar-refractivity contribution < 1.29 is 9.59 Å². The number of hydrogen-bond acceptors (Lipinski definition) is 3. The summed E-state index contributed by atoms with van der Waals surface area (Å²) in [6.45, 7) is 2.81. The lowest BCUT2D eigenvalue weighted by atomic mass is 9.94. The van der Waals surface area contributed by atoms with Gasteiger partial charge in [-0.1, -0.05) is 64.0 Å². The molecule has 4 heteroatoms. The monoisotopic (exact) mass is 342 g/mol. The first-order valence-electron chi connectivity index (χ1n) is 9.83. The molecule has 1 saturated carbocycles. The van der Waals surface area contributed by atoms with Crippen LogP contribution < -0.4 is 5.73 Å². The average Bonchev–Trinajstić information content (AvgIpc) is 3.32. The predicted octanol–water partition coefficient (Wildman–Crippen LogP) is 4.04. The number of unbranched alkanes of at least 4 members (excludes halogenated alkanes) is 7. The van der Waals surface area contributed by atoms with Crippen molar-refractivity contribution in [2.24, 2.45) is 5.92 Å². The van der Waals surface area contributed by atoms with E-state index >= 15 is 0 Å². The lowest BCUT2D eigenvalue weighted by Crippen LogP contribution is -2.37. The van der Waals surface area contributed by atoms with E-state index in [1.54, 1.807) is 0 Å². The summed E-state index contributed by atoms with van der Waals surface area (Å²) >= 11 is 0. The van der Waals surface area contributed by atoms with Crippen molar-refractivity contribution in [1.29, 1.82) is 0 Å². The number of carbonyl (C=O) groups is 2. The Labute approximate surface area is 150 Å². The van der Waals surface area contributed by atoms with E-state index in [1.165, 1.54) is 43.4 Å². The zero-order valence-electron chi connectivity index (χ0n) is 15.3. The van der Waals surface area contributed by atoms with Gasteiger partial charge in [0.2, 0.25) is 11.8 Å². The van der Waals surface area contributed by atoms with E-state index in [-0.39, 0.29) is 17.7 Å². The number of imide groups is 1. The van der Waals surface area contributed by atoms with Crippen LogP contribution in [-0.4, -0.2) is 23.3 Å². The van der Waals surface area contributed by atoms with Gasteiger partial charge in [0, 0.05) is 12.2 Å². The van der Waals surface area contributed by atoms with Gasteiger partial charge >= 0.3 is 0 Å². The molecule has 1 heterocycles. The van der Waals surface area contributed by atoms with E-state index in [4.69, 9.17) is 5.73 Å². The summed E-state index contributed by atoms with van der Waals surface area (Å²) in [5, 5.41) is 0. The minimum atomic E-state index is -0.578. The quantitative estimate of drug-likeness (QED) is 0.396. The molecular weight excluding hydrogens is 312 g/mol. The van der Waals surface area contributed by atoms with E-state index < -0.39 is 5.41 Å². The van der Waals surface area contributed by atoms with Crippen LogP contribution >= 0.6 is 0 Å². The van der Waals surface area contributed by atoms with Crippen LogP contribution in [0, 0.1) is 5.92 Å². The molecule has 3 rings (SSSR count). The van der Waals surface area contributed by atoms with Gasteiger partial charge < -0.3 is 5.73 Å². The first kappa shape index (κ1) is 18.0. The van der Waals surface area contributed by atoms with E-state index in [0.29, 0.717) is 18.7 Å². The van der Waals surface area contributed by atoms with Gasteiger partial charge in [0.05, 0.1) is 11.3 Å². The van der Waals surface area contributed by atoms with Crippen LogP contribution in [0.15, 0.2) is 24.3 Å². The Hall–Kier alpha value is -1.84. The summed E-state index contributed by atoms with van der Waals surface area (Å²) in [6.07, 6.45) is 10.4. The molecule has 0 bridgehead atoms. The number of amides is 2. The Morgan fingerprint density at radius 1 is 1.00 bits per heavy atom. The molecule has 1 aromatic carbocycles. The molecule has 2 atom stereocenters. The normalized spacial score (nSPS) is 24.7. The van der Waals surface area contributed by atoms with Gasteiger partial charge in [-0.3, -0.25) is 14.5 Å². The Morgan fingerprint density at radius 3 is 2.24 bits per heavy atom. The fourth-order valence-corrected chi connectivity index (χ4v) is 4.17. The molecule has 4 nitrogen and oxygen atoms in total. The van der Waals surface area contributed by atoms with Gasteiger partial charge in [-0.2, -0.15) is 0 Å². The zero-order valence-corrected chi connectivity index (χ0v) is 15.3. The second kappa shape index (κ2) is 7.59. The van der Waals surface area contributed by atoms with Crippen LogP contribution in [0.3, 0.4) is 0 Å². The summed E-state index contributed by atoms with van der Waals surface area (Å²) in [6, 6.07) is 7.44. The fraction of sp³-hybridized carbons (Fsp3) is 0.619. The Balaban J connectivity index is 1.47. The predicted molar refractivity (Wildman–Crippen MR) is 100.0 cm³/mol. The summed E-state index contributed by atoms with van der Waals surface area (Å²) in [5.74, 6) is -0.0994. The van der Waals surface area contributed by atoms with Crippen molar-refractivity contribution in [1.82, 2.24) is 4.90 Å². The van der Waals surface area contributed by atoms with Crippen molar-refractivity contribution in [3.8, 4) is 0 Å². The van der Waals surface area contributed by atoms with Crippen molar-refractivity contribution >= 4 is 17.5 Å². The highest BCUT2D eigenvalue weighted by Gasteiger charge is 2.72. The van der Waals surface area contributed by atoms with Crippen LogP contribution in [0.4, 0.5) is 5.69 Å². The van der Waals surface area contributed by atoms with Crippen molar-refractivity contribution in [3.05, 3.63) is 29.8 Å². The molecule has 1 aliphatic heterocycles. The van der Waals surface area contributed by atoms with Gasteiger partial charge in [-0.15, -0.1) is 0 Å². The van der Waals surface area contributed by atoms with E-state index in [2.05, 4.69) is 6.92 Å². The maximum absolute atomic E-state index is 12.9. The van der Waals surface area contributed by atoms with Crippen LogP contribution in [0.5, 0.6) is 0 Å². The molecule has 1 aliphatic carbocycles. The van der Waals surface area contributed by atoms with Gasteiger partial charge in [-0.05, 0) is 30.5 Å². The summed E-state index contributed by atoms with van der Waals surface area (Å²) in [5.41, 5.74) is 6.80. The van der Waals surface area contributed by atoms with Gasteiger partial charge in [-0.25, -0.2) is 0 Å². The number of rotatable bonds is 10. The SMILES string of the molecule is CCCCCCCCCCN1C(=O)C2CC2(c2ccc(N)cc2)C1=O. The van der Waals surface area contributed by atoms with Crippen molar-refractivity contribution in [2.45, 2.75) is 70.1 Å². The number of carbonyl (C=O) groups excluding carboxylic acids is 2. The number of hydrogen-bond donors (Lipinski definition) is 1. The van der Waals surface area contributed by atoms with Crippen LogP contribution in [-0.2, 0) is 15.0 Å². The van der Waals surface area contributed by atoms with Gasteiger partial charge in [0.1, 0.15) is 0 Å². The summed E-state index contributed by atoms with van der Waals surface area (Å²) < 4.78 is 0. The molecule has 136 valence electrons. The third-order valence-corrected chi connectivity index (χ3v) is 5.81. The highest BCUT2D eigenvalue weighted by molar-refractivity contribution is 6.15. The molecule has 2 aliphatic rings. The zero-order chi connectivity index (χ0) is 17.9. The molecule has 2 amide bonds. The molecule has 0 aromatic heterocycles. The minimum Gasteiger partial charge on any atom is -0.399 e. The number of anilines is 1. The molecule has 0 radical (unpaired) electrons. The molecule has 1 saturated heterocycles. The van der Waals surface area contributed by atoms with Crippen molar-refractivity contribution in [3.63, 3.8) is 0 Å². The number of nitrogens with zero attached hydrogens (tertiary/aromatic N) is 1. The summed E-state index contributed by atoms with van der Waals surface area (Å²) in [4.78, 5) is 26.9.